The number of aromatic nitrogens is 4. The molecule has 0 radical (unpaired) electrons. The van der Waals surface area contributed by atoms with Crippen molar-refractivity contribution < 1.29 is 0 Å². The Kier molecular flexibility index (Phi) is 3.01. The molecular weight excluding hydrogens is 268 g/mol. The Hall–Kier alpha value is -2.63. The minimum atomic E-state index is -0.368. The van der Waals surface area contributed by atoms with Crippen LogP contribution in [0.3, 0.4) is 0 Å². The van der Waals surface area contributed by atoms with Crippen molar-refractivity contribution >= 4 is 11.2 Å². The normalized spacial score (nSPS) is 11.2. The first-order valence-electron chi connectivity index (χ1n) is 6.78. The van der Waals surface area contributed by atoms with Crippen molar-refractivity contribution in [3.05, 3.63) is 51.2 Å². The standard InChI is InChI=1S/C15H16N4O2/c1-4-19-11-13(17(2)15(21)18(3)14(11)20)16-12(19)10-8-6-5-7-9-10/h5-9H,4H2,1-3H3. The third-order valence-electron chi connectivity index (χ3n) is 3.70. The van der Waals surface area contributed by atoms with E-state index in [4.69, 9.17) is 0 Å². The minimum absolute atomic E-state index is 0.315. The SMILES string of the molecule is CCn1c(-c2ccccc2)nc2c1c(=O)n(C)c(=O)n2C. The highest BCUT2D eigenvalue weighted by molar-refractivity contribution is 5.76. The van der Waals surface area contributed by atoms with Gasteiger partial charge >= 0.3 is 5.69 Å². The van der Waals surface area contributed by atoms with Crippen LogP contribution in [0.25, 0.3) is 22.6 Å². The van der Waals surface area contributed by atoms with E-state index >= 15 is 0 Å². The molecule has 2 heterocycles. The van der Waals surface area contributed by atoms with E-state index < -0.39 is 0 Å². The first kappa shape index (κ1) is 13.4. The molecule has 0 aliphatic heterocycles. The van der Waals surface area contributed by atoms with Crippen LogP contribution in [0.15, 0.2) is 39.9 Å². The van der Waals surface area contributed by atoms with Gasteiger partial charge in [0.05, 0.1) is 0 Å². The molecule has 3 rings (SSSR count). The van der Waals surface area contributed by atoms with Crippen LogP contribution in [0.2, 0.25) is 0 Å². The van der Waals surface area contributed by atoms with Crippen molar-refractivity contribution in [3.8, 4) is 11.4 Å². The van der Waals surface area contributed by atoms with Crippen molar-refractivity contribution in [1.82, 2.24) is 18.7 Å². The predicted octanol–water partition coefficient (Wildman–Crippen LogP) is 1.12. The van der Waals surface area contributed by atoms with Crippen molar-refractivity contribution in [2.75, 3.05) is 0 Å². The third kappa shape index (κ3) is 1.83. The number of rotatable bonds is 2. The summed E-state index contributed by atoms with van der Waals surface area (Å²) < 4.78 is 4.38. The summed E-state index contributed by atoms with van der Waals surface area (Å²) in [4.78, 5) is 29.0. The largest absolute Gasteiger partial charge is 0.332 e. The molecule has 0 amide bonds. The lowest BCUT2D eigenvalue weighted by Gasteiger charge is -2.06. The zero-order chi connectivity index (χ0) is 15.1. The molecular formula is C15H16N4O2. The van der Waals surface area contributed by atoms with Crippen molar-refractivity contribution in [2.24, 2.45) is 14.1 Å². The lowest BCUT2D eigenvalue weighted by Crippen LogP contribution is -2.37. The maximum absolute atomic E-state index is 12.4. The zero-order valence-corrected chi connectivity index (χ0v) is 12.2. The summed E-state index contributed by atoms with van der Waals surface area (Å²) in [6.45, 7) is 2.56. The van der Waals surface area contributed by atoms with E-state index in [0.717, 1.165) is 10.1 Å². The summed E-state index contributed by atoms with van der Waals surface area (Å²) in [5, 5.41) is 0. The monoisotopic (exact) mass is 284 g/mol. The van der Waals surface area contributed by atoms with Crippen LogP contribution in [-0.2, 0) is 20.6 Å². The summed E-state index contributed by atoms with van der Waals surface area (Å²) in [6, 6.07) is 9.65. The number of nitrogens with zero attached hydrogens (tertiary/aromatic N) is 4. The Morgan fingerprint density at radius 2 is 1.71 bits per heavy atom. The lowest BCUT2D eigenvalue weighted by molar-refractivity contribution is 0.700. The van der Waals surface area contributed by atoms with Gasteiger partial charge in [0, 0.05) is 26.2 Å². The molecule has 0 aliphatic rings. The average molecular weight is 284 g/mol. The maximum Gasteiger partial charge on any atom is 0.332 e. The van der Waals surface area contributed by atoms with E-state index in [-0.39, 0.29) is 11.2 Å². The molecule has 0 spiro atoms. The van der Waals surface area contributed by atoms with E-state index in [1.165, 1.54) is 11.6 Å². The molecule has 1 aromatic carbocycles. The van der Waals surface area contributed by atoms with Crippen LogP contribution in [0.5, 0.6) is 0 Å². The molecule has 0 unspecified atom stereocenters. The second-order valence-corrected chi connectivity index (χ2v) is 4.92. The Labute approximate surface area is 120 Å². The van der Waals surface area contributed by atoms with Crippen molar-refractivity contribution in [1.29, 1.82) is 0 Å². The van der Waals surface area contributed by atoms with E-state index in [1.54, 1.807) is 7.05 Å². The van der Waals surface area contributed by atoms with E-state index in [1.807, 2.05) is 41.8 Å². The van der Waals surface area contributed by atoms with Gasteiger partial charge in [-0.3, -0.25) is 13.9 Å². The molecule has 108 valence electrons. The highest BCUT2D eigenvalue weighted by atomic mass is 16.2. The summed E-state index contributed by atoms with van der Waals surface area (Å²) in [7, 11) is 3.12. The lowest BCUT2D eigenvalue weighted by atomic mass is 10.2. The summed E-state index contributed by atoms with van der Waals surface area (Å²) >= 11 is 0. The second-order valence-electron chi connectivity index (χ2n) is 4.92. The fourth-order valence-electron chi connectivity index (χ4n) is 2.56. The van der Waals surface area contributed by atoms with Crippen LogP contribution in [0.1, 0.15) is 6.92 Å². The van der Waals surface area contributed by atoms with Gasteiger partial charge in [-0.25, -0.2) is 9.78 Å². The molecule has 0 bridgehead atoms. The summed E-state index contributed by atoms with van der Waals surface area (Å²) in [6.07, 6.45) is 0. The highest BCUT2D eigenvalue weighted by Crippen LogP contribution is 2.21. The quantitative estimate of drug-likeness (QED) is 0.708. The molecule has 3 aromatic rings. The van der Waals surface area contributed by atoms with Gasteiger partial charge < -0.3 is 4.57 Å². The molecule has 0 fully saturated rings. The second kappa shape index (κ2) is 4.73. The Morgan fingerprint density at radius 1 is 1.05 bits per heavy atom. The molecule has 0 saturated heterocycles. The summed E-state index contributed by atoms with van der Waals surface area (Å²) in [5.74, 6) is 0.700. The van der Waals surface area contributed by atoms with Gasteiger partial charge in [-0.15, -0.1) is 0 Å². The topological polar surface area (TPSA) is 61.8 Å². The van der Waals surface area contributed by atoms with Gasteiger partial charge in [-0.05, 0) is 6.92 Å². The maximum atomic E-state index is 12.4. The number of hydrogen-bond acceptors (Lipinski definition) is 3. The zero-order valence-electron chi connectivity index (χ0n) is 12.2. The first-order chi connectivity index (χ1) is 10.1. The Morgan fingerprint density at radius 3 is 2.33 bits per heavy atom. The third-order valence-corrected chi connectivity index (χ3v) is 3.70. The number of benzene rings is 1. The number of fused-ring (bicyclic) bond motifs is 1. The molecule has 0 atom stereocenters. The predicted molar refractivity (Wildman–Crippen MR) is 81.3 cm³/mol. The van der Waals surface area contributed by atoms with Gasteiger partial charge in [0.25, 0.3) is 5.56 Å². The van der Waals surface area contributed by atoms with Gasteiger partial charge in [-0.1, -0.05) is 30.3 Å². The van der Waals surface area contributed by atoms with Crippen LogP contribution < -0.4 is 11.2 Å². The Balaban J connectivity index is 2.51. The molecule has 0 aliphatic carbocycles. The van der Waals surface area contributed by atoms with Gasteiger partial charge in [0.1, 0.15) is 5.82 Å². The molecule has 0 saturated carbocycles. The minimum Gasteiger partial charge on any atom is -0.318 e. The smallest absolute Gasteiger partial charge is 0.318 e. The first-order valence-corrected chi connectivity index (χ1v) is 6.78. The van der Waals surface area contributed by atoms with Gasteiger partial charge in [-0.2, -0.15) is 0 Å². The highest BCUT2D eigenvalue weighted by Gasteiger charge is 2.18. The van der Waals surface area contributed by atoms with E-state index in [2.05, 4.69) is 4.98 Å². The molecule has 2 aromatic heterocycles. The van der Waals surface area contributed by atoms with Crippen LogP contribution in [-0.4, -0.2) is 18.7 Å². The fraction of sp³-hybridized carbons (Fsp3) is 0.267. The van der Waals surface area contributed by atoms with E-state index in [0.29, 0.717) is 23.5 Å². The number of hydrogen-bond donors (Lipinski definition) is 0. The summed E-state index contributed by atoms with van der Waals surface area (Å²) in [5.41, 5.74) is 1.12. The molecule has 21 heavy (non-hydrogen) atoms. The van der Waals surface area contributed by atoms with Crippen molar-refractivity contribution in [3.63, 3.8) is 0 Å². The van der Waals surface area contributed by atoms with Gasteiger partial charge in [0.15, 0.2) is 11.2 Å². The van der Waals surface area contributed by atoms with Crippen molar-refractivity contribution in [2.45, 2.75) is 13.5 Å². The van der Waals surface area contributed by atoms with E-state index in [9.17, 15) is 9.59 Å². The fourth-order valence-corrected chi connectivity index (χ4v) is 2.56. The van der Waals surface area contributed by atoms with Gasteiger partial charge in [0.2, 0.25) is 0 Å². The number of aryl methyl sites for hydroxylation is 2. The molecule has 6 nitrogen and oxygen atoms in total. The average Bonchev–Trinajstić information content (AvgIpc) is 2.91. The molecule has 6 heteroatoms. The van der Waals surface area contributed by atoms with Crippen LogP contribution >= 0.6 is 0 Å². The molecule has 0 N–H and O–H groups in total. The van der Waals surface area contributed by atoms with Crippen LogP contribution in [0, 0.1) is 0 Å². The van der Waals surface area contributed by atoms with Crippen LogP contribution in [0.4, 0.5) is 0 Å². The number of imidazole rings is 1. The Bertz CT molecular complexity index is 932.